The van der Waals surface area contributed by atoms with Crippen LogP contribution in [-0.4, -0.2) is 40.8 Å². The first-order valence-electron chi connectivity index (χ1n) is 12.9. The third kappa shape index (κ3) is 5.41. The van der Waals surface area contributed by atoms with Gasteiger partial charge < -0.3 is 20.7 Å². The molecule has 0 spiro atoms. The van der Waals surface area contributed by atoms with Crippen LogP contribution < -0.4 is 16.0 Å². The number of nitrogens with one attached hydrogen (secondary N) is 1. The molecule has 5 rings (SSSR count). The zero-order valence-corrected chi connectivity index (χ0v) is 21.8. The second kappa shape index (κ2) is 10.1. The van der Waals surface area contributed by atoms with Crippen LogP contribution in [0.3, 0.4) is 0 Å². The number of halogens is 3. The van der Waals surface area contributed by atoms with Crippen LogP contribution in [0.5, 0.6) is 0 Å². The maximum atomic E-state index is 14.1. The molecule has 4 heterocycles. The Kier molecular flexibility index (Phi) is 6.94. The fourth-order valence-electron chi connectivity index (χ4n) is 5.17. The summed E-state index contributed by atoms with van der Waals surface area (Å²) in [4.78, 5) is 15.2. The Morgan fingerprint density at radius 2 is 1.84 bits per heavy atom. The monoisotopic (exact) mass is 526 g/mol. The lowest BCUT2D eigenvalue weighted by Gasteiger charge is -2.33. The number of hydrogen-bond donors (Lipinski definition) is 2. The Morgan fingerprint density at radius 3 is 2.50 bits per heavy atom. The van der Waals surface area contributed by atoms with Gasteiger partial charge in [-0.05, 0) is 41.5 Å². The molecule has 1 fully saturated rings. The quantitative estimate of drug-likeness (QED) is 0.476. The molecule has 1 aromatic carbocycles. The highest BCUT2D eigenvalue weighted by Crippen LogP contribution is 2.41. The average molecular weight is 527 g/mol. The van der Waals surface area contributed by atoms with E-state index in [9.17, 15) is 13.2 Å². The zero-order valence-electron chi connectivity index (χ0n) is 21.8. The number of pyridine rings is 1. The number of aromatic nitrogens is 3. The van der Waals surface area contributed by atoms with E-state index in [0.29, 0.717) is 37.8 Å². The minimum absolute atomic E-state index is 0.0507. The molecule has 38 heavy (non-hydrogen) atoms. The van der Waals surface area contributed by atoms with Crippen molar-refractivity contribution in [3.63, 3.8) is 0 Å². The number of ether oxygens (including phenoxy) is 1. The van der Waals surface area contributed by atoms with Gasteiger partial charge in [0.15, 0.2) is 0 Å². The van der Waals surface area contributed by atoms with E-state index in [4.69, 9.17) is 15.5 Å². The molecule has 7 nitrogen and oxygen atoms in total. The highest BCUT2D eigenvalue weighted by Gasteiger charge is 2.38. The second-order valence-corrected chi connectivity index (χ2v) is 11.0. The zero-order chi connectivity index (χ0) is 27.1. The summed E-state index contributed by atoms with van der Waals surface area (Å²) in [7, 11) is 0. The summed E-state index contributed by atoms with van der Waals surface area (Å²) in [6.07, 6.45) is -1.53. The first kappa shape index (κ1) is 26.2. The molecular weight excluding hydrogens is 493 g/mol. The van der Waals surface area contributed by atoms with E-state index in [-0.39, 0.29) is 23.8 Å². The Hall–Kier alpha value is -3.40. The molecule has 2 aromatic heterocycles. The van der Waals surface area contributed by atoms with Gasteiger partial charge in [0, 0.05) is 31.3 Å². The van der Waals surface area contributed by atoms with Crippen LogP contribution >= 0.6 is 0 Å². The number of anilines is 3. The Labute approximate surface area is 220 Å². The molecule has 10 heteroatoms. The van der Waals surface area contributed by atoms with E-state index in [1.54, 1.807) is 4.90 Å². The predicted octanol–water partition coefficient (Wildman–Crippen LogP) is 5.32. The number of nitrogen functional groups attached to an aromatic ring is 1. The number of rotatable bonds is 4. The summed E-state index contributed by atoms with van der Waals surface area (Å²) >= 11 is 0. The molecular formula is C28H33F3N6O. The summed E-state index contributed by atoms with van der Waals surface area (Å²) in [6.45, 7) is 7.91. The van der Waals surface area contributed by atoms with Gasteiger partial charge in [-0.15, -0.1) is 0 Å². The Balaban J connectivity index is 1.58. The van der Waals surface area contributed by atoms with Gasteiger partial charge in [0.05, 0.1) is 29.9 Å². The number of fused-ring (bicyclic) bond motifs is 1. The van der Waals surface area contributed by atoms with Gasteiger partial charge in [0.25, 0.3) is 0 Å². The van der Waals surface area contributed by atoms with Crippen molar-refractivity contribution >= 4 is 17.6 Å². The first-order chi connectivity index (χ1) is 18.0. The predicted molar refractivity (Wildman–Crippen MR) is 141 cm³/mol. The molecule has 1 saturated heterocycles. The number of nitrogens with two attached hydrogens (primary N) is 1. The van der Waals surface area contributed by atoms with Crippen molar-refractivity contribution in [1.82, 2.24) is 15.0 Å². The van der Waals surface area contributed by atoms with Crippen molar-refractivity contribution in [3.05, 3.63) is 70.5 Å². The largest absolute Gasteiger partial charge is 0.419 e. The molecule has 0 amide bonds. The van der Waals surface area contributed by atoms with E-state index >= 15 is 0 Å². The van der Waals surface area contributed by atoms with E-state index in [0.717, 1.165) is 34.9 Å². The molecule has 202 valence electrons. The maximum Gasteiger partial charge on any atom is 0.419 e. The minimum Gasteiger partial charge on any atom is -0.383 e. The summed E-state index contributed by atoms with van der Waals surface area (Å²) in [5.41, 5.74) is 9.11. The molecule has 2 atom stereocenters. The van der Waals surface area contributed by atoms with Crippen LogP contribution in [0.15, 0.2) is 42.6 Å². The summed E-state index contributed by atoms with van der Waals surface area (Å²) in [5.74, 6) is 0.670. The Morgan fingerprint density at radius 1 is 1.08 bits per heavy atom. The van der Waals surface area contributed by atoms with Crippen LogP contribution in [-0.2, 0) is 29.2 Å². The molecule has 0 saturated carbocycles. The van der Waals surface area contributed by atoms with E-state index < -0.39 is 17.8 Å². The van der Waals surface area contributed by atoms with E-state index in [1.165, 1.54) is 12.3 Å². The number of nitrogens with zero attached hydrogens (tertiary/aromatic N) is 4. The van der Waals surface area contributed by atoms with Gasteiger partial charge in [0.1, 0.15) is 11.6 Å². The summed E-state index contributed by atoms with van der Waals surface area (Å²) < 4.78 is 47.6. The van der Waals surface area contributed by atoms with Gasteiger partial charge in [-0.2, -0.15) is 18.2 Å². The molecule has 0 bridgehead atoms. The number of alkyl halides is 3. The maximum absolute atomic E-state index is 14.1. The fourth-order valence-corrected chi connectivity index (χ4v) is 5.17. The molecule has 3 N–H and O–H groups in total. The van der Waals surface area contributed by atoms with E-state index in [1.807, 2.05) is 24.3 Å². The van der Waals surface area contributed by atoms with Crippen LogP contribution in [0.2, 0.25) is 0 Å². The van der Waals surface area contributed by atoms with Crippen molar-refractivity contribution in [3.8, 4) is 0 Å². The highest BCUT2D eigenvalue weighted by atomic mass is 19.4. The van der Waals surface area contributed by atoms with Crippen LogP contribution in [0.1, 0.15) is 61.2 Å². The fraction of sp³-hybridized carbons (Fsp3) is 0.464. The van der Waals surface area contributed by atoms with Crippen molar-refractivity contribution < 1.29 is 17.9 Å². The first-order valence-corrected chi connectivity index (χ1v) is 12.9. The lowest BCUT2D eigenvalue weighted by atomic mass is 9.86. The van der Waals surface area contributed by atoms with Gasteiger partial charge in [-0.3, -0.25) is 0 Å². The molecule has 0 aliphatic carbocycles. The normalized spacial score (nSPS) is 20.2. The van der Waals surface area contributed by atoms with Crippen molar-refractivity contribution in [1.29, 1.82) is 0 Å². The molecule has 0 radical (unpaired) electrons. The Bertz CT molecular complexity index is 1280. The number of benzene rings is 1. The smallest absolute Gasteiger partial charge is 0.383 e. The third-order valence-electron chi connectivity index (χ3n) is 7.28. The minimum atomic E-state index is -4.54. The summed E-state index contributed by atoms with van der Waals surface area (Å²) in [5, 5.41) is 3.30. The van der Waals surface area contributed by atoms with Crippen LogP contribution in [0.25, 0.3) is 0 Å². The SMILES string of the molecule is CC(C)(C)c1ccc(C2Cc3nc(N[C@@H]4CCOC4)nc(N)c3CCN2c2ncccc2C(F)(F)F)cc1. The van der Waals surface area contributed by atoms with E-state index in [2.05, 4.69) is 36.1 Å². The van der Waals surface area contributed by atoms with Gasteiger partial charge in [-0.1, -0.05) is 45.0 Å². The van der Waals surface area contributed by atoms with Crippen molar-refractivity contribution in [2.75, 3.05) is 35.7 Å². The lowest BCUT2D eigenvalue weighted by molar-refractivity contribution is -0.137. The number of hydrogen-bond acceptors (Lipinski definition) is 7. The molecule has 2 aliphatic rings. The standard InChI is InChI=1S/C28H33F3N6O/c1-27(2,3)18-8-6-17(7-9-18)23-15-22-20(24(32)36-26(35-22)34-19-11-14-38-16-19)10-13-37(23)25-21(28(29,30)31)5-4-12-33-25/h4-9,12,19,23H,10-11,13-16H2,1-3H3,(H3,32,34,35,36)/t19-,23?/m1/s1. The molecule has 2 aliphatic heterocycles. The lowest BCUT2D eigenvalue weighted by Crippen LogP contribution is -2.33. The van der Waals surface area contributed by atoms with Crippen molar-refractivity contribution in [2.45, 2.75) is 63.7 Å². The second-order valence-electron chi connectivity index (χ2n) is 11.0. The van der Waals surface area contributed by atoms with Gasteiger partial charge in [0.2, 0.25) is 5.95 Å². The highest BCUT2D eigenvalue weighted by molar-refractivity contribution is 5.55. The topological polar surface area (TPSA) is 89.2 Å². The summed E-state index contributed by atoms with van der Waals surface area (Å²) in [6, 6.07) is 10.2. The molecule has 3 aromatic rings. The van der Waals surface area contributed by atoms with Gasteiger partial charge >= 0.3 is 6.18 Å². The van der Waals surface area contributed by atoms with Crippen LogP contribution in [0.4, 0.5) is 30.8 Å². The molecule has 1 unspecified atom stereocenters. The average Bonchev–Trinajstić information content (AvgIpc) is 3.28. The third-order valence-corrected chi connectivity index (χ3v) is 7.28. The van der Waals surface area contributed by atoms with Crippen molar-refractivity contribution in [2.24, 2.45) is 0 Å². The van der Waals surface area contributed by atoms with Crippen LogP contribution in [0, 0.1) is 0 Å². The van der Waals surface area contributed by atoms with Gasteiger partial charge in [-0.25, -0.2) is 9.97 Å².